The van der Waals surface area contributed by atoms with Crippen molar-refractivity contribution in [2.75, 3.05) is 24.3 Å². The number of carbonyl (C=O) groups excluding carboxylic acids is 1. The van der Waals surface area contributed by atoms with Crippen LogP contribution in [0.2, 0.25) is 0 Å². The lowest BCUT2D eigenvalue weighted by Crippen LogP contribution is -2.12. The summed E-state index contributed by atoms with van der Waals surface area (Å²) in [7, 11) is 3.86. The summed E-state index contributed by atoms with van der Waals surface area (Å²) in [5, 5.41) is 13.9. The van der Waals surface area contributed by atoms with Crippen LogP contribution in [0.3, 0.4) is 0 Å². The van der Waals surface area contributed by atoms with Gasteiger partial charge in [-0.2, -0.15) is 0 Å². The third-order valence-electron chi connectivity index (χ3n) is 3.84. The Morgan fingerprint density at radius 3 is 2.38 bits per heavy atom. The van der Waals surface area contributed by atoms with Crippen LogP contribution in [0.15, 0.2) is 65.1 Å². The average Bonchev–Trinajstić information content (AvgIpc) is 3.12. The Labute approximate surface area is 150 Å². The van der Waals surface area contributed by atoms with E-state index in [-0.39, 0.29) is 17.2 Å². The smallest absolute Gasteiger partial charge is 0.291 e. The maximum absolute atomic E-state index is 12.3. The Morgan fingerprint density at radius 2 is 1.73 bits per heavy atom. The van der Waals surface area contributed by atoms with E-state index >= 15 is 0 Å². The number of nitro groups is 1. The zero-order valence-electron chi connectivity index (χ0n) is 14.3. The number of hydrogen-bond acceptors (Lipinski definition) is 5. The molecule has 0 radical (unpaired) electrons. The Balaban J connectivity index is 1.79. The van der Waals surface area contributed by atoms with E-state index in [9.17, 15) is 14.9 Å². The Hall–Kier alpha value is -3.61. The summed E-state index contributed by atoms with van der Waals surface area (Å²) in [6, 6.07) is 16.6. The molecule has 0 bridgehead atoms. The van der Waals surface area contributed by atoms with Crippen molar-refractivity contribution in [3.63, 3.8) is 0 Å². The lowest BCUT2D eigenvalue weighted by atomic mass is 10.1. The van der Waals surface area contributed by atoms with Crippen LogP contribution in [-0.2, 0) is 0 Å². The highest BCUT2D eigenvalue weighted by atomic mass is 16.6. The van der Waals surface area contributed by atoms with Gasteiger partial charge in [-0.05, 0) is 42.5 Å². The maximum atomic E-state index is 12.3. The first-order chi connectivity index (χ1) is 12.5. The molecule has 2 aromatic carbocycles. The van der Waals surface area contributed by atoms with Crippen molar-refractivity contribution >= 4 is 23.0 Å². The molecular weight excluding hydrogens is 334 g/mol. The molecule has 0 saturated heterocycles. The SMILES string of the molecule is CN(C)c1ccc(NC(=O)c2ccc(-c3ccccc3[N+](=O)[O-])o2)cc1. The number of rotatable bonds is 5. The molecule has 26 heavy (non-hydrogen) atoms. The molecule has 0 saturated carbocycles. The molecule has 0 aliphatic carbocycles. The van der Waals surface area contributed by atoms with Gasteiger partial charge in [0.1, 0.15) is 5.76 Å². The fourth-order valence-electron chi connectivity index (χ4n) is 2.48. The zero-order valence-corrected chi connectivity index (χ0v) is 14.3. The predicted molar refractivity (Wildman–Crippen MR) is 99.5 cm³/mol. The minimum Gasteiger partial charge on any atom is -0.451 e. The van der Waals surface area contributed by atoms with E-state index in [1.165, 1.54) is 12.1 Å². The van der Waals surface area contributed by atoms with Crippen molar-refractivity contribution in [1.82, 2.24) is 0 Å². The van der Waals surface area contributed by atoms with Crippen LogP contribution in [0.25, 0.3) is 11.3 Å². The monoisotopic (exact) mass is 351 g/mol. The van der Waals surface area contributed by atoms with Crippen molar-refractivity contribution in [3.8, 4) is 11.3 Å². The second-order valence-corrected chi connectivity index (χ2v) is 5.83. The van der Waals surface area contributed by atoms with Crippen LogP contribution < -0.4 is 10.2 Å². The van der Waals surface area contributed by atoms with Gasteiger partial charge in [0.25, 0.3) is 11.6 Å². The molecule has 3 rings (SSSR count). The number of para-hydroxylation sites is 1. The summed E-state index contributed by atoms with van der Waals surface area (Å²) in [6.07, 6.45) is 0. The highest BCUT2D eigenvalue weighted by molar-refractivity contribution is 6.02. The molecule has 1 N–H and O–H groups in total. The van der Waals surface area contributed by atoms with Crippen LogP contribution in [0.5, 0.6) is 0 Å². The predicted octanol–water partition coefficient (Wildman–Crippen LogP) is 4.17. The van der Waals surface area contributed by atoms with Crippen LogP contribution in [0, 0.1) is 10.1 Å². The van der Waals surface area contributed by atoms with Crippen molar-refractivity contribution in [3.05, 3.63) is 76.5 Å². The maximum Gasteiger partial charge on any atom is 0.291 e. The molecule has 3 aromatic rings. The molecule has 0 unspecified atom stereocenters. The van der Waals surface area contributed by atoms with Gasteiger partial charge in [-0.3, -0.25) is 14.9 Å². The van der Waals surface area contributed by atoms with Gasteiger partial charge in [0, 0.05) is 31.5 Å². The summed E-state index contributed by atoms with van der Waals surface area (Å²) in [6.45, 7) is 0. The quantitative estimate of drug-likeness (QED) is 0.550. The van der Waals surface area contributed by atoms with Gasteiger partial charge < -0.3 is 14.6 Å². The van der Waals surface area contributed by atoms with Gasteiger partial charge in [0.2, 0.25) is 0 Å². The standard InChI is InChI=1S/C19H17N3O4/c1-21(2)14-9-7-13(8-10-14)20-19(23)18-12-11-17(26-18)15-5-3-4-6-16(15)22(24)25/h3-12H,1-2H3,(H,20,23). The molecule has 0 aliphatic rings. The fourth-order valence-corrected chi connectivity index (χ4v) is 2.48. The topological polar surface area (TPSA) is 88.6 Å². The lowest BCUT2D eigenvalue weighted by molar-refractivity contribution is -0.384. The van der Waals surface area contributed by atoms with E-state index in [1.54, 1.807) is 36.4 Å². The third kappa shape index (κ3) is 3.56. The third-order valence-corrected chi connectivity index (χ3v) is 3.84. The molecule has 0 fully saturated rings. The number of anilines is 2. The van der Waals surface area contributed by atoms with Crippen LogP contribution in [-0.4, -0.2) is 24.9 Å². The van der Waals surface area contributed by atoms with Gasteiger partial charge in [0.15, 0.2) is 5.76 Å². The lowest BCUT2D eigenvalue weighted by Gasteiger charge is -2.12. The first-order valence-electron chi connectivity index (χ1n) is 7.88. The van der Waals surface area contributed by atoms with E-state index < -0.39 is 10.8 Å². The van der Waals surface area contributed by atoms with Gasteiger partial charge >= 0.3 is 0 Å². The molecule has 0 spiro atoms. The number of nitrogens with one attached hydrogen (secondary N) is 1. The van der Waals surface area contributed by atoms with E-state index in [0.29, 0.717) is 11.3 Å². The molecule has 7 nitrogen and oxygen atoms in total. The summed E-state index contributed by atoms with van der Waals surface area (Å²) in [4.78, 5) is 25.0. The van der Waals surface area contributed by atoms with Crippen molar-refractivity contribution in [2.45, 2.75) is 0 Å². The number of furan rings is 1. The molecule has 1 heterocycles. The molecule has 7 heteroatoms. The van der Waals surface area contributed by atoms with Crippen molar-refractivity contribution < 1.29 is 14.1 Å². The number of hydrogen-bond donors (Lipinski definition) is 1. The Morgan fingerprint density at radius 1 is 1.04 bits per heavy atom. The number of nitro benzene ring substituents is 1. The largest absolute Gasteiger partial charge is 0.451 e. The van der Waals surface area contributed by atoms with E-state index in [4.69, 9.17) is 4.42 Å². The van der Waals surface area contributed by atoms with Gasteiger partial charge in [-0.15, -0.1) is 0 Å². The molecule has 0 aliphatic heterocycles. The van der Waals surface area contributed by atoms with Crippen molar-refractivity contribution in [2.24, 2.45) is 0 Å². The summed E-state index contributed by atoms with van der Waals surface area (Å²) < 4.78 is 5.53. The number of benzene rings is 2. The van der Waals surface area contributed by atoms with Gasteiger partial charge in [0.05, 0.1) is 10.5 Å². The van der Waals surface area contributed by atoms with E-state index in [0.717, 1.165) is 5.69 Å². The number of nitrogens with zero attached hydrogens (tertiary/aromatic N) is 2. The van der Waals surface area contributed by atoms with Crippen LogP contribution >= 0.6 is 0 Å². The first-order valence-corrected chi connectivity index (χ1v) is 7.88. The number of amides is 1. The van der Waals surface area contributed by atoms with Gasteiger partial charge in [-0.25, -0.2) is 0 Å². The van der Waals surface area contributed by atoms with E-state index in [1.807, 2.05) is 31.1 Å². The van der Waals surface area contributed by atoms with E-state index in [2.05, 4.69) is 5.32 Å². The minimum atomic E-state index is -0.482. The number of carbonyl (C=O) groups is 1. The molecule has 0 atom stereocenters. The molecule has 1 amide bonds. The highest BCUT2D eigenvalue weighted by Crippen LogP contribution is 2.31. The second kappa shape index (κ2) is 7.10. The molecular formula is C19H17N3O4. The first kappa shape index (κ1) is 17.2. The highest BCUT2D eigenvalue weighted by Gasteiger charge is 2.19. The molecule has 132 valence electrons. The summed E-state index contributed by atoms with van der Waals surface area (Å²) in [5.74, 6) is -0.0762. The van der Waals surface area contributed by atoms with Crippen LogP contribution in [0.4, 0.5) is 17.1 Å². The fraction of sp³-hybridized carbons (Fsp3) is 0.105. The zero-order chi connectivity index (χ0) is 18.7. The Bertz CT molecular complexity index is 945. The molecule has 1 aromatic heterocycles. The average molecular weight is 351 g/mol. The second-order valence-electron chi connectivity index (χ2n) is 5.83. The minimum absolute atomic E-state index is 0.0758. The summed E-state index contributed by atoms with van der Waals surface area (Å²) in [5.41, 5.74) is 1.89. The normalized spacial score (nSPS) is 10.4. The van der Waals surface area contributed by atoms with Gasteiger partial charge in [-0.1, -0.05) is 12.1 Å². The van der Waals surface area contributed by atoms with Crippen LogP contribution in [0.1, 0.15) is 10.6 Å². The Kier molecular flexibility index (Phi) is 4.70. The summed E-state index contributed by atoms with van der Waals surface area (Å²) >= 11 is 0. The van der Waals surface area contributed by atoms with Crippen molar-refractivity contribution in [1.29, 1.82) is 0 Å².